The first-order valence-corrected chi connectivity index (χ1v) is 4.39. The lowest BCUT2D eigenvalue weighted by Gasteiger charge is -1.97. The number of aromatic nitrogens is 3. The predicted octanol–water partition coefficient (Wildman–Crippen LogP) is 1.24. The lowest BCUT2D eigenvalue weighted by atomic mass is 10.3. The van der Waals surface area contributed by atoms with Crippen molar-refractivity contribution in [3.05, 3.63) is 40.1 Å². The highest BCUT2D eigenvalue weighted by Crippen LogP contribution is 2.04. The van der Waals surface area contributed by atoms with E-state index in [0.717, 1.165) is 0 Å². The molecule has 76 valence electrons. The van der Waals surface area contributed by atoms with Gasteiger partial charge in [0.1, 0.15) is 5.69 Å². The Bertz CT molecular complexity index is 582. The first-order chi connectivity index (χ1) is 7.16. The Labute approximate surface area is 85.1 Å². The summed E-state index contributed by atoms with van der Waals surface area (Å²) in [6.07, 6.45) is 2.89. The molecule has 2 rings (SSSR count). The van der Waals surface area contributed by atoms with Crippen molar-refractivity contribution in [1.29, 1.82) is 0 Å². The fourth-order valence-corrected chi connectivity index (χ4v) is 1.23. The minimum atomic E-state index is -0.344. The van der Waals surface area contributed by atoms with Gasteiger partial charge in [0.15, 0.2) is 5.65 Å². The third kappa shape index (κ3) is 1.85. The van der Waals surface area contributed by atoms with Gasteiger partial charge in [0.2, 0.25) is 0 Å². The molecule has 0 atom stereocenters. The molecule has 0 amide bonds. The van der Waals surface area contributed by atoms with E-state index in [1.807, 2.05) is 0 Å². The van der Waals surface area contributed by atoms with Crippen LogP contribution < -0.4 is 5.56 Å². The van der Waals surface area contributed by atoms with Crippen LogP contribution >= 0.6 is 0 Å². The highest BCUT2D eigenvalue weighted by atomic mass is 16.3. The van der Waals surface area contributed by atoms with Crippen LogP contribution in [-0.4, -0.2) is 20.1 Å². The number of allylic oxidation sites excluding steroid dienone is 1. The molecule has 0 saturated carbocycles. The van der Waals surface area contributed by atoms with Gasteiger partial charge in [0, 0.05) is 12.3 Å². The maximum Gasteiger partial charge on any atom is 0.274 e. The summed E-state index contributed by atoms with van der Waals surface area (Å²) in [7, 11) is 0. The average molecular weight is 203 g/mol. The molecule has 2 heterocycles. The minimum absolute atomic E-state index is 0.0308. The van der Waals surface area contributed by atoms with Crippen LogP contribution in [0.4, 0.5) is 0 Å². The van der Waals surface area contributed by atoms with Crippen molar-refractivity contribution in [2.24, 2.45) is 0 Å². The normalized spacial score (nSPS) is 11.9. The SMILES string of the molecule is C/C(O)=C/c1nc2ncccc2[nH]c1=O. The van der Waals surface area contributed by atoms with Crippen LogP contribution in [0.1, 0.15) is 12.6 Å². The Kier molecular flexibility index (Phi) is 2.21. The summed E-state index contributed by atoms with van der Waals surface area (Å²) in [5.74, 6) is 0.0308. The highest BCUT2D eigenvalue weighted by molar-refractivity contribution is 5.70. The van der Waals surface area contributed by atoms with Gasteiger partial charge >= 0.3 is 0 Å². The molecule has 2 N–H and O–H groups in total. The molecule has 0 bridgehead atoms. The van der Waals surface area contributed by atoms with Gasteiger partial charge in [-0.15, -0.1) is 0 Å². The van der Waals surface area contributed by atoms with E-state index >= 15 is 0 Å². The van der Waals surface area contributed by atoms with E-state index < -0.39 is 0 Å². The Balaban J connectivity index is 2.73. The van der Waals surface area contributed by atoms with E-state index in [4.69, 9.17) is 5.11 Å². The Hall–Kier alpha value is -2.17. The van der Waals surface area contributed by atoms with Gasteiger partial charge in [-0.2, -0.15) is 0 Å². The molecule has 0 unspecified atom stereocenters. The van der Waals surface area contributed by atoms with Crippen LogP contribution in [0.2, 0.25) is 0 Å². The number of pyridine rings is 1. The number of H-pyrrole nitrogens is 1. The first kappa shape index (κ1) is 9.39. The second-order valence-corrected chi connectivity index (χ2v) is 3.11. The van der Waals surface area contributed by atoms with Gasteiger partial charge in [-0.3, -0.25) is 4.79 Å². The number of aliphatic hydroxyl groups excluding tert-OH is 1. The lowest BCUT2D eigenvalue weighted by molar-refractivity contribution is 0.419. The fraction of sp³-hybridized carbons (Fsp3) is 0.100. The molecule has 2 aromatic heterocycles. The maximum absolute atomic E-state index is 11.5. The molecule has 0 spiro atoms. The third-order valence-corrected chi connectivity index (χ3v) is 1.84. The second kappa shape index (κ2) is 3.53. The molecule has 0 radical (unpaired) electrons. The van der Waals surface area contributed by atoms with Gasteiger partial charge in [-0.1, -0.05) is 0 Å². The summed E-state index contributed by atoms with van der Waals surface area (Å²) in [5.41, 5.74) is 0.838. The van der Waals surface area contributed by atoms with Gasteiger partial charge in [0.25, 0.3) is 5.56 Å². The number of aliphatic hydroxyl groups is 1. The molecule has 0 saturated heterocycles. The first-order valence-electron chi connectivity index (χ1n) is 4.39. The molecule has 0 aromatic carbocycles. The highest BCUT2D eigenvalue weighted by Gasteiger charge is 2.02. The van der Waals surface area contributed by atoms with E-state index in [2.05, 4.69) is 15.0 Å². The summed E-state index contributed by atoms with van der Waals surface area (Å²) in [6, 6.07) is 3.43. The number of nitrogens with zero attached hydrogens (tertiary/aromatic N) is 2. The Morgan fingerprint density at radius 2 is 2.40 bits per heavy atom. The maximum atomic E-state index is 11.5. The molecule has 5 nitrogen and oxygen atoms in total. The zero-order chi connectivity index (χ0) is 10.8. The van der Waals surface area contributed by atoms with Gasteiger partial charge < -0.3 is 10.1 Å². The van der Waals surface area contributed by atoms with Gasteiger partial charge in [0.05, 0.1) is 11.3 Å². The number of rotatable bonds is 1. The van der Waals surface area contributed by atoms with Crippen LogP contribution in [0.25, 0.3) is 17.2 Å². The van der Waals surface area contributed by atoms with Crippen molar-refractivity contribution >= 4 is 17.2 Å². The summed E-state index contributed by atoms with van der Waals surface area (Å²) in [6.45, 7) is 1.48. The summed E-state index contributed by atoms with van der Waals surface area (Å²) in [5, 5.41) is 9.05. The van der Waals surface area contributed by atoms with E-state index in [1.165, 1.54) is 13.0 Å². The van der Waals surface area contributed by atoms with E-state index in [-0.39, 0.29) is 17.0 Å². The second-order valence-electron chi connectivity index (χ2n) is 3.11. The van der Waals surface area contributed by atoms with Crippen LogP contribution in [0.5, 0.6) is 0 Å². The van der Waals surface area contributed by atoms with Crippen molar-refractivity contribution in [3.63, 3.8) is 0 Å². The van der Waals surface area contributed by atoms with E-state index in [1.54, 1.807) is 18.3 Å². The zero-order valence-corrected chi connectivity index (χ0v) is 8.06. The van der Waals surface area contributed by atoms with Crippen molar-refractivity contribution in [1.82, 2.24) is 15.0 Å². The standard InChI is InChI=1S/C10H9N3O2/c1-6(14)5-8-10(15)13-7-3-2-4-11-9(7)12-8/h2-5,14H,1H3,(H,13,15)/b6-5-. The topological polar surface area (TPSA) is 78.9 Å². The van der Waals surface area contributed by atoms with Crippen LogP contribution in [0.15, 0.2) is 28.9 Å². The van der Waals surface area contributed by atoms with Gasteiger partial charge in [-0.05, 0) is 19.1 Å². The van der Waals surface area contributed by atoms with E-state index in [0.29, 0.717) is 11.2 Å². The van der Waals surface area contributed by atoms with Crippen molar-refractivity contribution in [2.75, 3.05) is 0 Å². The number of nitrogens with one attached hydrogen (secondary N) is 1. The molecule has 5 heteroatoms. The van der Waals surface area contributed by atoms with Crippen LogP contribution in [0, 0.1) is 0 Å². The Morgan fingerprint density at radius 1 is 1.60 bits per heavy atom. The quantitative estimate of drug-likeness (QED) is 0.683. The largest absolute Gasteiger partial charge is 0.513 e. The van der Waals surface area contributed by atoms with E-state index in [9.17, 15) is 4.79 Å². The van der Waals surface area contributed by atoms with Crippen molar-refractivity contribution in [2.45, 2.75) is 6.92 Å². The van der Waals surface area contributed by atoms with Crippen LogP contribution in [-0.2, 0) is 0 Å². The Morgan fingerprint density at radius 3 is 3.13 bits per heavy atom. The van der Waals surface area contributed by atoms with Gasteiger partial charge in [-0.25, -0.2) is 9.97 Å². The zero-order valence-electron chi connectivity index (χ0n) is 8.06. The smallest absolute Gasteiger partial charge is 0.274 e. The summed E-state index contributed by atoms with van der Waals surface area (Å²) >= 11 is 0. The monoisotopic (exact) mass is 203 g/mol. The molecule has 0 fully saturated rings. The number of hydrogen-bond acceptors (Lipinski definition) is 4. The average Bonchev–Trinajstić information content (AvgIpc) is 2.18. The lowest BCUT2D eigenvalue weighted by Crippen LogP contribution is -2.12. The number of aromatic amines is 1. The molecule has 0 aliphatic heterocycles. The van der Waals surface area contributed by atoms with Crippen molar-refractivity contribution in [3.8, 4) is 0 Å². The van der Waals surface area contributed by atoms with Crippen LogP contribution in [0.3, 0.4) is 0 Å². The fourth-order valence-electron chi connectivity index (χ4n) is 1.23. The number of hydrogen-bond donors (Lipinski definition) is 2. The minimum Gasteiger partial charge on any atom is -0.513 e. The molecule has 0 aliphatic carbocycles. The summed E-state index contributed by atoms with van der Waals surface area (Å²) < 4.78 is 0. The third-order valence-electron chi connectivity index (χ3n) is 1.84. The van der Waals surface area contributed by atoms with Crippen molar-refractivity contribution < 1.29 is 5.11 Å². The molecule has 0 aliphatic rings. The molecule has 15 heavy (non-hydrogen) atoms. The predicted molar refractivity (Wildman–Crippen MR) is 56.4 cm³/mol. The summed E-state index contributed by atoms with van der Waals surface area (Å²) in [4.78, 5) is 22.1. The molecular formula is C10H9N3O2. The molecule has 2 aromatic rings. The molecular weight excluding hydrogens is 194 g/mol. The number of fused-ring (bicyclic) bond motifs is 1.